The lowest BCUT2D eigenvalue weighted by Gasteiger charge is -2.27. The lowest BCUT2D eigenvalue weighted by atomic mass is 9.93. The molecule has 0 saturated heterocycles. The number of hydrogen-bond acceptors (Lipinski definition) is 4. The van der Waals surface area contributed by atoms with Crippen molar-refractivity contribution in [2.24, 2.45) is 5.73 Å². The summed E-state index contributed by atoms with van der Waals surface area (Å²) in [7, 11) is 0. The molecular formula is C19H23N3O2. The van der Waals surface area contributed by atoms with Gasteiger partial charge < -0.3 is 11.1 Å². The number of nitrogens with zero attached hydrogens (tertiary/aromatic N) is 1. The van der Waals surface area contributed by atoms with Gasteiger partial charge in [0.2, 0.25) is 0 Å². The summed E-state index contributed by atoms with van der Waals surface area (Å²) in [4.78, 5) is 26.7. The highest BCUT2D eigenvalue weighted by Crippen LogP contribution is 2.34. The molecule has 0 unspecified atom stereocenters. The van der Waals surface area contributed by atoms with Gasteiger partial charge in [0.25, 0.3) is 11.8 Å². The van der Waals surface area contributed by atoms with E-state index in [2.05, 4.69) is 5.32 Å². The van der Waals surface area contributed by atoms with Gasteiger partial charge in [0.15, 0.2) is 0 Å². The van der Waals surface area contributed by atoms with Crippen LogP contribution in [-0.2, 0) is 0 Å². The first-order valence-corrected chi connectivity index (χ1v) is 8.55. The summed E-state index contributed by atoms with van der Waals surface area (Å²) in [5.74, 6) is -0.388. The molecule has 0 fully saturated rings. The molecule has 0 saturated carbocycles. The molecule has 1 aliphatic rings. The smallest absolute Gasteiger partial charge is 0.261 e. The fraction of sp³-hybridized carbons (Fsp3) is 0.368. The van der Waals surface area contributed by atoms with E-state index >= 15 is 0 Å². The van der Waals surface area contributed by atoms with E-state index in [-0.39, 0.29) is 11.8 Å². The molecule has 0 bridgehead atoms. The first kappa shape index (κ1) is 16.5. The van der Waals surface area contributed by atoms with Gasteiger partial charge in [-0.05, 0) is 44.0 Å². The van der Waals surface area contributed by atoms with Crippen molar-refractivity contribution in [1.82, 2.24) is 4.90 Å². The summed E-state index contributed by atoms with van der Waals surface area (Å²) in [6.07, 6.45) is 2.71. The van der Waals surface area contributed by atoms with Crippen LogP contribution >= 0.6 is 0 Å². The molecule has 0 aliphatic carbocycles. The Morgan fingerprint density at radius 1 is 1.04 bits per heavy atom. The molecule has 3 N–H and O–H groups in total. The summed E-state index contributed by atoms with van der Waals surface area (Å²) in [5.41, 5.74) is 7.70. The summed E-state index contributed by atoms with van der Waals surface area (Å²) in [5, 5.41) is 5.09. The van der Waals surface area contributed by atoms with Gasteiger partial charge in [-0.15, -0.1) is 0 Å². The third-order valence-corrected chi connectivity index (χ3v) is 4.39. The molecule has 5 nitrogen and oxygen atoms in total. The quantitative estimate of drug-likeness (QED) is 0.606. The van der Waals surface area contributed by atoms with Gasteiger partial charge >= 0.3 is 0 Å². The van der Waals surface area contributed by atoms with Crippen LogP contribution in [0.4, 0.5) is 5.69 Å². The minimum absolute atomic E-state index is 0.194. The number of anilines is 1. The first-order chi connectivity index (χ1) is 11.7. The molecule has 0 aromatic heterocycles. The summed E-state index contributed by atoms with van der Waals surface area (Å²) in [6.45, 7) is 3.92. The number of nitrogens with two attached hydrogens (primary N) is 1. The summed E-state index contributed by atoms with van der Waals surface area (Å²) < 4.78 is 0. The van der Waals surface area contributed by atoms with Crippen LogP contribution in [0.3, 0.4) is 0 Å². The second kappa shape index (κ2) is 7.01. The third-order valence-electron chi connectivity index (χ3n) is 4.39. The maximum absolute atomic E-state index is 12.7. The maximum atomic E-state index is 12.7. The molecule has 0 atom stereocenters. The largest absolute Gasteiger partial charge is 0.385 e. The molecular weight excluding hydrogens is 302 g/mol. The van der Waals surface area contributed by atoms with Gasteiger partial charge in [0.1, 0.15) is 0 Å². The van der Waals surface area contributed by atoms with Crippen LogP contribution in [0.25, 0.3) is 10.8 Å². The Morgan fingerprint density at radius 2 is 1.79 bits per heavy atom. The maximum Gasteiger partial charge on any atom is 0.261 e. The number of benzene rings is 2. The van der Waals surface area contributed by atoms with E-state index in [9.17, 15) is 9.59 Å². The molecule has 1 heterocycles. The number of unbranched alkanes of at least 4 members (excludes halogenated alkanes) is 1. The van der Waals surface area contributed by atoms with Crippen molar-refractivity contribution >= 4 is 28.3 Å². The van der Waals surface area contributed by atoms with Crippen LogP contribution in [0.1, 0.15) is 46.9 Å². The van der Waals surface area contributed by atoms with Crippen molar-refractivity contribution in [3.8, 4) is 0 Å². The van der Waals surface area contributed by atoms with Crippen molar-refractivity contribution in [2.75, 3.05) is 25.0 Å². The lowest BCUT2D eigenvalue weighted by Crippen LogP contribution is -2.40. The van der Waals surface area contributed by atoms with Crippen molar-refractivity contribution in [3.63, 3.8) is 0 Å². The van der Waals surface area contributed by atoms with Gasteiger partial charge in [-0.2, -0.15) is 0 Å². The average molecular weight is 325 g/mol. The number of hydrogen-bond donors (Lipinski definition) is 2. The standard InChI is InChI=1S/C19H23N3O2/c1-2-12-22-18(23)14-7-5-6-13-16(21-11-4-3-10-20)9-8-15(17(13)14)19(22)24/h5-9,21H,2-4,10-12,20H2,1H3. The molecule has 24 heavy (non-hydrogen) atoms. The zero-order chi connectivity index (χ0) is 17.1. The number of carbonyl (C=O) groups excluding carboxylic acids is 2. The number of nitrogens with one attached hydrogen (secondary N) is 1. The average Bonchev–Trinajstić information content (AvgIpc) is 2.60. The van der Waals surface area contributed by atoms with Crippen LogP contribution < -0.4 is 11.1 Å². The van der Waals surface area contributed by atoms with Crippen LogP contribution in [0.5, 0.6) is 0 Å². The van der Waals surface area contributed by atoms with Gasteiger partial charge in [0, 0.05) is 40.7 Å². The molecule has 0 spiro atoms. The number of rotatable bonds is 7. The molecule has 126 valence electrons. The predicted molar refractivity (Wildman–Crippen MR) is 96.4 cm³/mol. The zero-order valence-corrected chi connectivity index (χ0v) is 14.0. The Balaban J connectivity index is 2.03. The highest BCUT2D eigenvalue weighted by atomic mass is 16.2. The van der Waals surface area contributed by atoms with Gasteiger partial charge in [-0.25, -0.2) is 0 Å². The van der Waals surface area contributed by atoms with Crippen LogP contribution in [0.15, 0.2) is 30.3 Å². The minimum Gasteiger partial charge on any atom is -0.385 e. The molecule has 1 aliphatic heterocycles. The Morgan fingerprint density at radius 3 is 2.50 bits per heavy atom. The number of amides is 2. The van der Waals surface area contributed by atoms with Crippen molar-refractivity contribution in [2.45, 2.75) is 26.2 Å². The molecule has 2 aromatic carbocycles. The van der Waals surface area contributed by atoms with E-state index in [1.54, 1.807) is 0 Å². The topological polar surface area (TPSA) is 75.4 Å². The van der Waals surface area contributed by atoms with Gasteiger partial charge in [-0.1, -0.05) is 19.1 Å². The fourth-order valence-electron chi connectivity index (χ4n) is 3.22. The minimum atomic E-state index is -0.194. The van der Waals surface area contributed by atoms with E-state index < -0.39 is 0 Å². The Labute approximate surface area is 141 Å². The fourth-order valence-corrected chi connectivity index (χ4v) is 3.22. The predicted octanol–water partition coefficient (Wildman–Crippen LogP) is 3.00. The van der Waals surface area contributed by atoms with E-state index in [1.807, 2.05) is 37.3 Å². The van der Waals surface area contributed by atoms with Crippen LogP contribution in [0, 0.1) is 0 Å². The van der Waals surface area contributed by atoms with Crippen LogP contribution in [-0.4, -0.2) is 36.3 Å². The SMILES string of the molecule is CCCN1C(=O)c2cccc3c(NCCCCN)ccc(c23)C1=O. The van der Waals surface area contributed by atoms with Gasteiger partial charge in [0.05, 0.1) is 0 Å². The van der Waals surface area contributed by atoms with Crippen molar-refractivity contribution in [3.05, 3.63) is 41.5 Å². The molecule has 5 heteroatoms. The second-order valence-electron chi connectivity index (χ2n) is 6.07. The van der Waals surface area contributed by atoms with Crippen LogP contribution in [0.2, 0.25) is 0 Å². The molecule has 0 radical (unpaired) electrons. The molecule has 3 rings (SSSR count). The Hall–Kier alpha value is -2.40. The highest BCUT2D eigenvalue weighted by Gasteiger charge is 2.32. The molecule has 2 amide bonds. The Bertz CT molecular complexity index is 763. The molecule has 2 aromatic rings. The zero-order valence-electron chi connectivity index (χ0n) is 14.0. The van der Waals surface area contributed by atoms with Gasteiger partial charge in [-0.3, -0.25) is 14.5 Å². The van der Waals surface area contributed by atoms with E-state index in [0.717, 1.165) is 42.3 Å². The van der Waals surface area contributed by atoms with Crippen molar-refractivity contribution < 1.29 is 9.59 Å². The number of imide groups is 1. The normalized spacial score (nSPS) is 13.7. The summed E-state index contributed by atoms with van der Waals surface area (Å²) in [6, 6.07) is 9.41. The monoisotopic (exact) mass is 325 g/mol. The third kappa shape index (κ3) is 2.76. The van der Waals surface area contributed by atoms with E-state index in [0.29, 0.717) is 24.2 Å². The second-order valence-corrected chi connectivity index (χ2v) is 6.07. The number of carbonyl (C=O) groups is 2. The van der Waals surface area contributed by atoms with E-state index in [1.165, 1.54) is 4.90 Å². The van der Waals surface area contributed by atoms with E-state index in [4.69, 9.17) is 5.73 Å². The summed E-state index contributed by atoms with van der Waals surface area (Å²) >= 11 is 0. The first-order valence-electron chi connectivity index (χ1n) is 8.55. The van der Waals surface area contributed by atoms with Crippen molar-refractivity contribution in [1.29, 1.82) is 0 Å². The Kier molecular flexibility index (Phi) is 4.81. The lowest BCUT2D eigenvalue weighted by molar-refractivity contribution is 0.0611. The highest BCUT2D eigenvalue weighted by molar-refractivity contribution is 6.26.